The Balaban J connectivity index is 1.14. The molecular weight excluding hydrogens is 354 g/mol. The standard InChI is InChI=1S/C22H25N3OS/c26-22(20-13-17-14-25(18-8-9-18)15-21(17)27-20)23-10-4-12-24-11-3-6-16-5-1-2-7-19(16)24/h1-2,5,7,13-15,18H,3-4,6,8-12H2,(H,23,26). The molecule has 27 heavy (non-hydrogen) atoms. The minimum Gasteiger partial charge on any atom is -0.371 e. The molecule has 1 aliphatic heterocycles. The number of hydrogen-bond acceptors (Lipinski definition) is 3. The molecule has 1 fully saturated rings. The average Bonchev–Trinajstić information content (AvgIpc) is 3.35. The molecule has 0 saturated heterocycles. The number of nitrogens with zero attached hydrogens (tertiary/aromatic N) is 2. The number of rotatable bonds is 6. The average molecular weight is 380 g/mol. The summed E-state index contributed by atoms with van der Waals surface area (Å²) in [7, 11) is 0. The summed E-state index contributed by atoms with van der Waals surface area (Å²) in [6, 6.07) is 11.4. The molecule has 3 heterocycles. The molecule has 0 atom stereocenters. The van der Waals surface area contributed by atoms with Crippen molar-refractivity contribution in [2.75, 3.05) is 24.5 Å². The Labute approximate surface area is 163 Å². The summed E-state index contributed by atoms with van der Waals surface area (Å²) in [6.07, 6.45) is 10.3. The van der Waals surface area contributed by atoms with Gasteiger partial charge in [-0.3, -0.25) is 4.79 Å². The highest BCUT2D eigenvalue weighted by molar-refractivity contribution is 7.20. The first kappa shape index (κ1) is 16.9. The summed E-state index contributed by atoms with van der Waals surface area (Å²) in [6.45, 7) is 2.84. The minimum absolute atomic E-state index is 0.0632. The van der Waals surface area contributed by atoms with Crippen LogP contribution in [0.1, 0.15) is 47.0 Å². The molecular formula is C22H25N3OS. The molecule has 1 aromatic carbocycles. The lowest BCUT2D eigenvalue weighted by Gasteiger charge is -2.31. The Kier molecular flexibility index (Phi) is 4.40. The van der Waals surface area contributed by atoms with Crippen LogP contribution in [0.3, 0.4) is 0 Å². The van der Waals surface area contributed by atoms with Crippen molar-refractivity contribution >= 4 is 33.0 Å². The number of benzene rings is 1. The molecule has 0 bridgehead atoms. The molecule has 1 saturated carbocycles. The number of aromatic nitrogens is 1. The van der Waals surface area contributed by atoms with Crippen molar-refractivity contribution in [3.63, 3.8) is 0 Å². The van der Waals surface area contributed by atoms with E-state index in [-0.39, 0.29) is 5.91 Å². The fourth-order valence-corrected chi connectivity index (χ4v) is 5.04. The molecule has 140 valence electrons. The molecule has 3 aromatic rings. The van der Waals surface area contributed by atoms with Crippen molar-refractivity contribution in [1.82, 2.24) is 9.88 Å². The summed E-state index contributed by atoms with van der Waals surface area (Å²) in [5.41, 5.74) is 2.82. The molecule has 1 amide bonds. The second-order valence-electron chi connectivity index (χ2n) is 7.70. The Hall–Kier alpha value is -2.27. The number of carbonyl (C=O) groups excluding carboxylic acids is 1. The van der Waals surface area contributed by atoms with Crippen molar-refractivity contribution in [3.8, 4) is 0 Å². The normalized spacial score (nSPS) is 16.5. The number of amides is 1. The molecule has 4 nitrogen and oxygen atoms in total. The molecule has 2 aromatic heterocycles. The van der Waals surface area contributed by atoms with Crippen LogP contribution in [0.15, 0.2) is 42.7 Å². The van der Waals surface area contributed by atoms with Gasteiger partial charge in [-0.15, -0.1) is 11.3 Å². The van der Waals surface area contributed by atoms with E-state index >= 15 is 0 Å². The van der Waals surface area contributed by atoms with Crippen molar-refractivity contribution < 1.29 is 4.79 Å². The van der Waals surface area contributed by atoms with Gasteiger partial charge >= 0.3 is 0 Å². The zero-order valence-electron chi connectivity index (χ0n) is 15.5. The monoisotopic (exact) mass is 379 g/mol. The van der Waals surface area contributed by atoms with Crippen LogP contribution in [0, 0.1) is 0 Å². The van der Waals surface area contributed by atoms with Gasteiger partial charge < -0.3 is 14.8 Å². The number of hydrogen-bond donors (Lipinski definition) is 1. The van der Waals surface area contributed by atoms with Crippen molar-refractivity contribution in [2.45, 2.75) is 38.1 Å². The van der Waals surface area contributed by atoms with Gasteiger partial charge in [-0.25, -0.2) is 0 Å². The van der Waals surface area contributed by atoms with Gasteiger partial charge in [0.2, 0.25) is 0 Å². The van der Waals surface area contributed by atoms with Gasteiger partial charge in [0, 0.05) is 49.1 Å². The third-order valence-corrected chi connectivity index (χ3v) is 6.72. The van der Waals surface area contributed by atoms with Crippen LogP contribution < -0.4 is 10.2 Å². The maximum absolute atomic E-state index is 12.5. The number of nitrogens with one attached hydrogen (secondary N) is 1. The summed E-state index contributed by atoms with van der Waals surface area (Å²) in [5, 5.41) is 4.30. The number of carbonyl (C=O) groups is 1. The number of para-hydroxylation sites is 1. The Morgan fingerprint density at radius 2 is 2.11 bits per heavy atom. The van der Waals surface area contributed by atoms with Gasteiger partial charge in [-0.1, -0.05) is 18.2 Å². The number of anilines is 1. The van der Waals surface area contributed by atoms with Crippen molar-refractivity contribution in [3.05, 3.63) is 53.2 Å². The summed E-state index contributed by atoms with van der Waals surface area (Å²) >= 11 is 1.60. The van der Waals surface area contributed by atoms with Crippen molar-refractivity contribution in [1.29, 1.82) is 0 Å². The molecule has 2 aliphatic rings. The number of thiophene rings is 1. The van der Waals surface area contributed by atoms with E-state index in [9.17, 15) is 4.79 Å². The highest BCUT2D eigenvalue weighted by atomic mass is 32.1. The van der Waals surface area contributed by atoms with Gasteiger partial charge in [0.05, 0.1) is 9.58 Å². The highest BCUT2D eigenvalue weighted by Crippen LogP contribution is 2.38. The highest BCUT2D eigenvalue weighted by Gasteiger charge is 2.24. The fraction of sp³-hybridized carbons (Fsp3) is 0.409. The second-order valence-corrected chi connectivity index (χ2v) is 8.78. The van der Waals surface area contributed by atoms with Crippen LogP contribution in [0.2, 0.25) is 0 Å². The van der Waals surface area contributed by atoms with E-state index in [4.69, 9.17) is 0 Å². The predicted molar refractivity (Wildman–Crippen MR) is 112 cm³/mol. The molecule has 0 unspecified atom stereocenters. The molecule has 5 heteroatoms. The van der Waals surface area contributed by atoms with E-state index in [0.717, 1.165) is 30.9 Å². The van der Waals surface area contributed by atoms with Gasteiger partial charge in [0.1, 0.15) is 0 Å². The third-order valence-electron chi connectivity index (χ3n) is 5.63. The van der Waals surface area contributed by atoms with Crippen LogP contribution in [-0.2, 0) is 6.42 Å². The van der Waals surface area contributed by atoms with Crippen LogP contribution in [0.25, 0.3) is 10.1 Å². The first-order valence-corrected chi connectivity index (χ1v) is 10.8. The van der Waals surface area contributed by atoms with Gasteiger partial charge in [0.25, 0.3) is 5.91 Å². The SMILES string of the molecule is O=C(NCCCN1CCCc2ccccc21)c1cc2cn(C3CC3)cc2s1. The zero-order chi connectivity index (χ0) is 18.2. The predicted octanol–water partition coefficient (Wildman–Crippen LogP) is 4.61. The molecule has 1 aliphatic carbocycles. The van der Waals surface area contributed by atoms with Gasteiger partial charge in [0.15, 0.2) is 0 Å². The quantitative estimate of drug-likeness (QED) is 0.635. The third kappa shape index (κ3) is 3.48. The molecule has 5 rings (SSSR count). The van der Waals surface area contributed by atoms with Crippen LogP contribution in [0.5, 0.6) is 0 Å². The second kappa shape index (κ2) is 7.04. The largest absolute Gasteiger partial charge is 0.371 e. The van der Waals surface area contributed by atoms with E-state index < -0.39 is 0 Å². The number of fused-ring (bicyclic) bond motifs is 2. The Morgan fingerprint density at radius 3 is 2.96 bits per heavy atom. The van der Waals surface area contributed by atoms with E-state index in [2.05, 4.69) is 51.4 Å². The fourth-order valence-electron chi connectivity index (χ4n) is 4.05. The Bertz CT molecular complexity index is 938. The first-order valence-electron chi connectivity index (χ1n) is 10.00. The van der Waals surface area contributed by atoms with Crippen LogP contribution in [-0.4, -0.2) is 30.1 Å². The van der Waals surface area contributed by atoms with Crippen LogP contribution in [0.4, 0.5) is 5.69 Å². The molecule has 0 radical (unpaired) electrons. The van der Waals surface area contributed by atoms with Gasteiger partial charge in [-0.2, -0.15) is 0 Å². The van der Waals surface area contributed by atoms with Crippen LogP contribution >= 0.6 is 11.3 Å². The molecule has 1 N–H and O–H groups in total. The summed E-state index contributed by atoms with van der Waals surface area (Å²) in [4.78, 5) is 15.8. The maximum Gasteiger partial charge on any atom is 0.261 e. The maximum atomic E-state index is 12.5. The summed E-state index contributed by atoms with van der Waals surface area (Å²) in [5.74, 6) is 0.0632. The van der Waals surface area contributed by atoms with E-state index in [1.165, 1.54) is 47.0 Å². The summed E-state index contributed by atoms with van der Waals surface area (Å²) < 4.78 is 3.52. The minimum atomic E-state index is 0.0632. The first-order chi connectivity index (χ1) is 13.3. The van der Waals surface area contributed by atoms with E-state index in [0.29, 0.717) is 6.04 Å². The van der Waals surface area contributed by atoms with Gasteiger partial charge in [-0.05, 0) is 49.8 Å². The lowest BCUT2D eigenvalue weighted by atomic mass is 10.0. The topological polar surface area (TPSA) is 37.3 Å². The Morgan fingerprint density at radius 1 is 1.22 bits per heavy atom. The smallest absolute Gasteiger partial charge is 0.261 e. The van der Waals surface area contributed by atoms with E-state index in [1.54, 1.807) is 11.3 Å². The van der Waals surface area contributed by atoms with Crippen molar-refractivity contribution in [2.24, 2.45) is 0 Å². The lowest BCUT2D eigenvalue weighted by Crippen LogP contribution is -2.33. The zero-order valence-corrected chi connectivity index (χ0v) is 16.3. The molecule has 0 spiro atoms. The van der Waals surface area contributed by atoms with E-state index in [1.807, 2.05) is 6.07 Å². The number of aryl methyl sites for hydroxylation is 1. The lowest BCUT2D eigenvalue weighted by molar-refractivity contribution is 0.0957.